The molecule has 0 aliphatic carbocycles. The molecule has 0 bridgehead atoms. The third-order valence-electron chi connectivity index (χ3n) is 4.95. The van der Waals surface area contributed by atoms with Gasteiger partial charge in [-0.25, -0.2) is 0 Å². The SMILES string of the molecule is CN=C(NCc1cc2ccccc2o1)NCC(c1cccs1)N1CCOCC1.I. The standard InChI is InChI=1S/C21H26N4O2S.HI/c1-22-21(23-14-17-13-16-5-2-3-6-19(16)27-17)24-15-18(20-7-4-12-28-20)25-8-10-26-11-9-25;/h2-7,12-13,18H,8-11,14-15H2,1H3,(H2,22,23,24);1H. The van der Waals surface area contributed by atoms with Crippen molar-refractivity contribution in [2.75, 3.05) is 39.9 Å². The van der Waals surface area contributed by atoms with Gasteiger partial charge >= 0.3 is 0 Å². The highest BCUT2D eigenvalue weighted by atomic mass is 127. The number of aliphatic imine (C=N–C) groups is 1. The van der Waals surface area contributed by atoms with Gasteiger partial charge in [0.1, 0.15) is 11.3 Å². The highest BCUT2D eigenvalue weighted by Gasteiger charge is 2.23. The fourth-order valence-electron chi connectivity index (χ4n) is 3.49. The minimum absolute atomic E-state index is 0. The number of halogens is 1. The molecule has 2 aromatic heterocycles. The van der Waals surface area contributed by atoms with Crippen LogP contribution in [0.5, 0.6) is 0 Å². The zero-order chi connectivity index (χ0) is 19.2. The summed E-state index contributed by atoms with van der Waals surface area (Å²) in [6.07, 6.45) is 0. The third kappa shape index (κ3) is 5.71. The van der Waals surface area contributed by atoms with Crippen LogP contribution in [0.15, 0.2) is 57.3 Å². The maximum atomic E-state index is 5.88. The number of thiophene rings is 1. The van der Waals surface area contributed by atoms with Crippen LogP contribution >= 0.6 is 35.3 Å². The first-order chi connectivity index (χ1) is 13.8. The molecule has 156 valence electrons. The van der Waals surface area contributed by atoms with E-state index in [9.17, 15) is 0 Å². The molecule has 29 heavy (non-hydrogen) atoms. The second-order valence-corrected chi connectivity index (χ2v) is 7.72. The van der Waals surface area contributed by atoms with Crippen LogP contribution in [-0.4, -0.2) is 50.8 Å². The first-order valence-electron chi connectivity index (χ1n) is 9.60. The molecule has 3 aromatic rings. The molecule has 1 atom stereocenters. The Kier molecular flexibility index (Phi) is 8.34. The molecule has 2 N–H and O–H groups in total. The summed E-state index contributed by atoms with van der Waals surface area (Å²) in [5.74, 6) is 1.67. The molecule has 4 rings (SSSR count). The van der Waals surface area contributed by atoms with Crippen molar-refractivity contribution >= 4 is 52.2 Å². The lowest BCUT2D eigenvalue weighted by molar-refractivity contribution is 0.0177. The Hall–Kier alpha value is -1.62. The average molecular weight is 526 g/mol. The summed E-state index contributed by atoms with van der Waals surface area (Å²) in [7, 11) is 1.79. The summed E-state index contributed by atoms with van der Waals surface area (Å²) in [6, 6.07) is 14.8. The van der Waals surface area contributed by atoms with E-state index in [2.05, 4.69) is 50.2 Å². The molecule has 0 radical (unpaired) electrons. The zero-order valence-corrected chi connectivity index (χ0v) is 19.6. The van der Waals surface area contributed by atoms with Gasteiger partial charge in [-0.3, -0.25) is 9.89 Å². The number of hydrogen-bond donors (Lipinski definition) is 2. The maximum absolute atomic E-state index is 5.88. The number of furan rings is 1. The number of nitrogens with one attached hydrogen (secondary N) is 2. The Labute approximate surface area is 192 Å². The second-order valence-electron chi connectivity index (χ2n) is 6.74. The molecule has 0 spiro atoms. The van der Waals surface area contributed by atoms with Crippen LogP contribution in [-0.2, 0) is 11.3 Å². The van der Waals surface area contributed by atoms with Gasteiger partial charge in [-0.1, -0.05) is 24.3 Å². The summed E-state index contributed by atoms with van der Waals surface area (Å²) < 4.78 is 11.4. The summed E-state index contributed by atoms with van der Waals surface area (Å²) in [6.45, 7) is 4.88. The number of para-hydroxylation sites is 1. The lowest BCUT2D eigenvalue weighted by Crippen LogP contribution is -2.46. The molecule has 1 aliphatic heterocycles. The lowest BCUT2D eigenvalue weighted by atomic mass is 10.2. The number of benzene rings is 1. The normalized spacial score (nSPS) is 16.4. The van der Waals surface area contributed by atoms with E-state index in [1.54, 1.807) is 18.4 Å². The minimum atomic E-state index is 0. The van der Waals surface area contributed by atoms with Gasteiger partial charge in [-0.05, 0) is 23.6 Å². The van der Waals surface area contributed by atoms with E-state index in [0.717, 1.165) is 55.5 Å². The largest absolute Gasteiger partial charge is 0.459 e. The van der Waals surface area contributed by atoms with Gasteiger partial charge in [-0.2, -0.15) is 0 Å². The number of fused-ring (bicyclic) bond motifs is 1. The van der Waals surface area contributed by atoms with E-state index in [1.165, 1.54) is 4.88 Å². The molecule has 1 fully saturated rings. The first-order valence-corrected chi connectivity index (χ1v) is 10.5. The molecule has 1 unspecified atom stereocenters. The molecule has 0 amide bonds. The average Bonchev–Trinajstić information content (AvgIpc) is 3.41. The van der Waals surface area contributed by atoms with Crippen LogP contribution in [0.4, 0.5) is 0 Å². The topological polar surface area (TPSA) is 62.0 Å². The Morgan fingerprint density at radius 2 is 2.00 bits per heavy atom. The van der Waals surface area contributed by atoms with E-state index in [0.29, 0.717) is 12.6 Å². The van der Waals surface area contributed by atoms with Crippen molar-refractivity contribution in [1.29, 1.82) is 0 Å². The van der Waals surface area contributed by atoms with Gasteiger partial charge in [0, 0.05) is 36.9 Å². The van der Waals surface area contributed by atoms with Crippen molar-refractivity contribution in [3.63, 3.8) is 0 Å². The quantitative estimate of drug-likeness (QED) is 0.290. The van der Waals surface area contributed by atoms with Gasteiger partial charge in [0.15, 0.2) is 5.96 Å². The van der Waals surface area contributed by atoms with E-state index in [1.807, 2.05) is 18.2 Å². The molecular formula is C21H27IN4O2S. The molecule has 3 heterocycles. The number of rotatable bonds is 6. The smallest absolute Gasteiger partial charge is 0.191 e. The third-order valence-corrected chi connectivity index (χ3v) is 5.92. The van der Waals surface area contributed by atoms with Gasteiger partial charge < -0.3 is 19.8 Å². The van der Waals surface area contributed by atoms with Crippen LogP contribution in [0.2, 0.25) is 0 Å². The molecule has 8 heteroatoms. The van der Waals surface area contributed by atoms with Gasteiger partial charge in [0.2, 0.25) is 0 Å². The van der Waals surface area contributed by atoms with Gasteiger partial charge in [-0.15, -0.1) is 35.3 Å². The molecule has 1 aliphatic rings. The Balaban J connectivity index is 0.00000240. The summed E-state index contributed by atoms with van der Waals surface area (Å²) in [4.78, 5) is 8.21. The lowest BCUT2D eigenvalue weighted by Gasteiger charge is -2.34. The van der Waals surface area contributed by atoms with Crippen molar-refractivity contribution in [3.05, 3.63) is 58.5 Å². The second kappa shape index (κ2) is 11.0. The number of morpholine rings is 1. The molecule has 0 saturated carbocycles. The van der Waals surface area contributed by atoms with E-state index in [4.69, 9.17) is 9.15 Å². The number of guanidine groups is 1. The van der Waals surface area contributed by atoms with Crippen molar-refractivity contribution in [1.82, 2.24) is 15.5 Å². The fourth-order valence-corrected chi connectivity index (χ4v) is 4.35. The molecular weight excluding hydrogens is 499 g/mol. The van der Waals surface area contributed by atoms with E-state index in [-0.39, 0.29) is 24.0 Å². The van der Waals surface area contributed by atoms with E-state index < -0.39 is 0 Å². The Morgan fingerprint density at radius 1 is 1.17 bits per heavy atom. The predicted molar refractivity (Wildman–Crippen MR) is 129 cm³/mol. The van der Waals surface area contributed by atoms with E-state index >= 15 is 0 Å². The van der Waals surface area contributed by atoms with Crippen LogP contribution in [0.25, 0.3) is 11.0 Å². The van der Waals surface area contributed by atoms with Crippen LogP contribution in [0.1, 0.15) is 16.7 Å². The van der Waals surface area contributed by atoms with Crippen molar-refractivity contribution < 1.29 is 9.15 Å². The Bertz CT molecular complexity index is 873. The summed E-state index contributed by atoms with van der Waals surface area (Å²) in [5, 5.41) is 10.1. The number of hydrogen-bond acceptors (Lipinski definition) is 5. The monoisotopic (exact) mass is 526 g/mol. The molecule has 1 aromatic carbocycles. The van der Waals surface area contributed by atoms with Crippen LogP contribution < -0.4 is 10.6 Å². The molecule has 1 saturated heterocycles. The summed E-state index contributed by atoms with van der Waals surface area (Å²) in [5.41, 5.74) is 0.910. The number of nitrogens with zero attached hydrogens (tertiary/aromatic N) is 2. The zero-order valence-electron chi connectivity index (χ0n) is 16.5. The Morgan fingerprint density at radius 3 is 2.72 bits per heavy atom. The van der Waals surface area contributed by atoms with Crippen LogP contribution in [0.3, 0.4) is 0 Å². The van der Waals surface area contributed by atoms with Gasteiger partial charge in [0.25, 0.3) is 0 Å². The van der Waals surface area contributed by atoms with Crippen LogP contribution in [0, 0.1) is 0 Å². The van der Waals surface area contributed by atoms with Gasteiger partial charge in [0.05, 0.1) is 25.8 Å². The summed E-state index contributed by atoms with van der Waals surface area (Å²) >= 11 is 1.80. The minimum Gasteiger partial charge on any atom is -0.459 e. The van der Waals surface area contributed by atoms with Crippen molar-refractivity contribution in [2.24, 2.45) is 4.99 Å². The maximum Gasteiger partial charge on any atom is 0.191 e. The number of ether oxygens (including phenoxy) is 1. The van der Waals surface area contributed by atoms with Crippen molar-refractivity contribution in [3.8, 4) is 0 Å². The predicted octanol–water partition coefficient (Wildman–Crippen LogP) is 3.85. The highest BCUT2D eigenvalue weighted by Crippen LogP contribution is 2.25. The molecule has 6 nitrogen and oxygen atoms in total. The first kappa shape index (κ1) is 22.1. The fraction of sp³-hybridized carbons (Fsp3) is 0.381. The highest BCUT2D eigenvalue weighted by molar-refractivity contribution is 14.0. The van der Waals surface area contributed by atoms with Crippen molar-refractivity contribution in [2.45, 2.75) is 12.6 Å².